The third-order valence-corrected chi connectivity index (χ3v) is 5.67. The van der Waals surface area contributed by atoms with Crippen LogP contribution in [0.2, 0.25) is 0 Å². The van der Waals surface area contributed by atoms with Crippen LogP contribution in [0.5, 0.6) is 0 Å². The summed E-state index contributed by atoms with van der Waals surface area (Å²) < 4.78 is 0. The van der Waals surface area contributed by atoms with Crippen molar-refractivity contribution < 1.29 is 9.59 Å². The van der Waals surface area contributed by atoms with Crippen LogP contribution in [0.3, 0.4) is 0 Å². The zero-order valence-electron chi connectivity index (χ0n) is 15.7. The summed E-state index contributed by atoms with van der Waals surface area (Å²) in [6, 6.07) is 17.0. The third kappa shape index (κ3) is 4.55. The second-order valence-corrected chi connectivity index (χ2v) is 7.66. The number of amides is 1. The number of nitrogens with zero attached hydrogens (tertiary/aromatic N) is 1. The number of nitrogens with one attached hydrogen (secondary N) is 1. The molecule has 0 spiro atoms. The number of para-hydroxylation sites is 1. The van der Waals surface area contributed by atoms with Gasteiger partial charge in [0, 0.05) is 16.6 Å². The van der Waals surface area contributed by atoms with Gasteiger partial charge in [0.1, 0.15) is 0 Å². The summed E-state index contributed by atoms with van der Waals surface area (Å²) >= 11 is 1.48. The zero-order chi connectivity index (χ0) is 19.4. The van der Waals surface area contributed by atoms with Crippen LogP contribution in [0.15, 0.2) is 59.6 Å². The standard InChI is InChI=1S/C22H22N2O2S/c1-4-20(22(26)23-17-11-9-16(10-12-17)15(3)25)27-21-13-14(2)18-7-5-6-8-19(18)24-21/h5-13,20H,4H2,1-3H3,(H,23,26). The van der Waals surface area contributed by atoms with Gasteiger partial charge in [-0.15, -0.1) is 0 Å². The van der Waals surface area contributed by atoms with Gasteiger partial charge in [-0.1, -0.05) is 36.9 Å². The van der Waals surface area contributed by atoms with Crippen molar-refractivity contribution in [2.45, 2.75) is 37.5 Å². The van der Waals surface area contributed by atoms with Crippen molar-refractivity contribution in [3.05, 3.63) is 65.7 Å². The molecule has 5 heteroatoms. The van der Waals surface area contributed by atoms with Crippen molar-refractivity contribution in [2.24, 2.45) is 0 Å². The van der Waals surface area contributed by atoms with Crippen molar-refractivity contribution in [3.8, 4) is 0 Å². The SMILES string of the molecule is CCC(Sc1cc(C)c2ccccc2n1)C(=O)Nc1ccc(C(C)=O)cc1. The van der Waals surface area contributed by atoms with Crippen LogP contribution in [0.4, 0.5) is 5.69 Å². The van der Waals surface area contributed by atoms with Crippen LogP contribution in [-0.4, -0.2) is 21.9 Å². The molecule has 4 nitrogen and oxygen atoms in total. The van der Waals surface area contributed by atoms with Crippen molar-refractivity contribution in [1.82, 2.24) is 4.98 Å². The average Bonchev–Trinajstić information content (AvgIpc) is 2.66. The van der Waals surface area contributed by atoms with Crippen LogP contribution in [0, 0.1) is 6.92 Å². The lowest BCUT2D eigenvalue weighted by Crippen LogP contribution is -2.24. The Morgan fingerprint density at radius 1 is 1.11 bits per heavy atom. The summed E-state index contributed by atoms with van der Waals surface area (Å²) in [5.41, 5.74) is 3.41. The first-order chi connectivity index (χ1) is 13.0. The maximum absolute atomic E-state index is 12.7. The number of anilines is 1. The van der Waals surface area contributed by atoms with Gasteiger partial charge >= 0.3 is 0 Å². The summed E-state index contributed by atoms with van der Waals surface area (Å²) in [6.45, 7) is 5.57. The molecule has 0 saturated carbocycles. The third-order valence-electron chi connectivity index (χ3n) is 4.38. The number of carbonyl (C=O) groups is 2. The Morgan fingerprint density at radius 2 is 1.81 bits per heavy atom. The van der Waals surface area contributed by atoms with Gasteiger partial charge in [0.15, 0.2) is 5.78 Å². The van der Waals surface area contributed by atoms with Crippen LogP contribution in [0.1, 0.15) is 36.2 Å². The largest absolute Gasteiger partial charge is 0.325 e. The normalized spacial score (nSPS) is 12.0. The van der Waals surface area contributed by atoms with E-state index in [1.165, 1.54) is 18.7 Å². The van der Waals surface area contributed by atoms with Gasteiger partial charge < -0.3 is 5.32 Å². The first-order valence-corrected chi connectivity index (χ1v) is 9.81. The van der Waals surface area contributed by atoms with Crippen molar-refractivity contribution in [1.29, 1.82) is 0 Å². The topological polar surface area (TPSA) is 59.1 Å². The Hall–Kier alpha value is -2.66. The molecule has 1 heterocycles. The number of fused-ring (bicyclic) bond motifs is 1. The molecule has 138 valence electrons. The number of ketones is 1. The van der Waals surface area contributed by atoms with E-state index in [-0.39, 0.29) is 16.9 Å². The number of thioether (sulfide) groups is 1. The fourth-order valence-electron chi connectivity index (χ4n) is 2.86. The maximum Gasteiger partial charge on any atom is 0.237 e. The van der Waals surface area contributed by atoms with E-state index in [0.717, 1.165) is 21.5 Å². The van der Waals surface area contributed by atoms with Crippen LogP contribution < -0.4 is 5.32 Å². The number of Topliss-reactive ketones (excluding diaryl/α,β-unsaturated/α-hetero) is 1. The molecule has 2 aromatic carbocycles. The van der Waals surface area contributed by atoms with Gasteiger partial charge in [0.25, 0.3) is 0 Å². The molecular weight excluding hydrogens is 356 g/mol. The van der Waals surface area contributed by atoms with E-state index in [1.807, 2.05) is 31.2 Å². The lowest BCUT2D eigenvalue weighted by molar-refractivity contribution is -0.115. The van der Waals surface area contributed by atoms with E-state index < -0.39 is 0 Å². The molecule has 0 radical (unpaired) electrons. The summed E-state index contributed by atoms with van der Waals surface area (Å²) in [6.07, 6.45) is 0.690. The molecule has 1 unspecified atom stereocenters. The summed E-state index contributed by atoms with van der Waals surface area (Å²) in [7, 11) is 0. The van der Waals surface area contributed by atoms with Gasteiger partial charge in [-0.25, -0.2) is 4.98 Å². The summed E-state index contributed by atoms with van der Waals surface area (Å²) in [4.78, 5) is 28.7. The number of rotatable bonds is 6. The molecule has 0 fully saturated rings. The highest BCUT2D eigenvalue weighted by molar-refractivity contribution is 8.00. The Bertz CT molecular complexity index is 983. The van der Waals surface area contributed by atoms with Gasteiger partial charge in [-0.3, -0.25) is 9.59 Å². The molecule has 1 aromatic heterocycles. The predicted octanol–water partition coefficient (Wildman–Crippen LogP) is 5.26. The quantitative estimate of drug-likeness (QED) is 0.470. The van der Waals surface area contributed by atoms with Crippen LogP contribution in [0.25, 0.3) is 10.9 Å². The van der Waals surface area contributed by atoms with Gasteiger partial charge in [0.2, 0.25) is 5.91 Å². The first kappa shape index (κ1) is 19.1. The van der Waals surface area contributed by atoms with Crippen LogP contribution >= 0.6 is 11.8 Å². The minimum absolute atomic E-state index is 0.00705. The Kier molecular flexibility index (Phi) is 5.91. The lowest BCUT2D eigenvalue weighted by Gasteiger charge is -2.15. The fraction of sp³-hybridized carbons (Fsp3) is 0.227. The molecule has 0 bridgehead atoms. The highest BCUT2D eigenvalue weighted by Crippen LogP contribution is 2.28. The van der Waals surface area contributed by atoms with Gasteiger partial charge in [0.05, 0.1) is 15.8 Å². The summed E-state index contributed by atoms with van der Waals surface area (Å²) in [5, 5.41) is 4.66. The van der Waals surface area contributed by atoms with Crippen molar-refractivity contribution in [2.75, 3.05) is 5.32 Å². The van der Waals surface area contributed by atoms with E-state index in [1.54, 1.807) is 24.3 Å². The van der Waals surface area contributed by atoms with Gasteiger partial charge in [-0.05, 0) is 62.2 Å². The lowest BCUT2D eigenvalue weighted by atomic mass is 10.1. The Labute approximate surface area is 163 Å². The number of aryl methyl sites for hydroxylation is 1. The second-order valence-electron chi connectivity index (χ2n) is 6.43. The molecule has 1 atom stereocenters. The number of aromatic nitrogens is 1. The van der Waals surface area contributed by atoms with E-state index in [2.05, 4.69) is 23.3 Å². The van der Waals surface area contributed by atoms with Crippen molar-refractivity contribution in [3.63, 3.8) is 0 Å². The van der Waals surface area contributed by atoms with Crippen molar-refractivity contribution >= 4 is 40.0 Å². The molecule has 27 heavy (non-hydrogen) atoms. The molecule has 0 aliphatic heterocycles. The molecular formula is C22H22N2O2S. The molecule has 3 rings (SSSR count). The number of carbonyl (C=O) groups excluding carboxylic acids is 2. The second kappa shape index (κ2) is 8.35. The highest BCUT2D eigenvalue weighted by atomic mass is 32.2. The predicted molar refractivity (Wildman–Crippen MR) is 111 cm³/mol. The highest BCUT2D eigenvalue weighted by Gasteiger charge is 2.19. The maximum atomic E-state index is 12.7. The van der Waals surface area contributed by atoms with E-state index in [9.17, 15) is 9.59 Å². The van der Waals surface area contributed by atoms with Gasteiger partial charge in [-0.2, -0.15) is 0 Å². The fourth-order valence-corrected chi connectivity index (χ4v) is 3.88. The van der Waals surface area contributed by atoms with E-state index in [0.29, 0.717) is 17.7 Å². The Balaban J connectivity index is 1.74. The number of hydrogen-bond donors (Lipinski definition) is 1. The minimum atomic E-state index is -0.245. The minimum Gasteiger partial charge on any atom is -0.325 e. The molecule has 0 aliphatic rings. The number of pyridine rings is 1. The smallest absolute Gasteiger partial charge is 0.237 e. The van der Waals surface area contributed by atoms with Crippen LogP contribution in [-0.2, 0) is 4.79 Å². The average molecular weight is 378 g/mol. The summed E-state index contributed by atoms with van der Waals surface area (Å²) in [5.74, 6) is -0.0571. The molecule has 0 aliphatic carbocycles. The number of hydrogen-bond acceptors (Lipinski definition) is 4. The Morgan fingerprint density at radius 3 is 2.48 bits per heavy atom. The molecule has 1 amide bonds. The first-order valence-electron chi connectivity index (χ1n) is 8.93. The van der Waals surface area contributed by atoms with E-state index in [4.69, 9.17) is 0 Å². The molecule has 0 saturated heterocycles. The monoisotopic (exact) mass is 378 g/mol. The molecule has 3 aromatic rings. The van der Waals surface area contributed by atoms with E-state index >= 15 is 0 Å². The number of benzene rings is 2. The molecule has 1 N–H and O–H groups in total. The zero-order valence-corrected chi connectivity index (χ0v) is 16.5.